The van der Waals surface area contributed by atoms with E-state index in [0.717, 1.165) is 13.0 Å². The number of carbonyl (C=O) groups is 1. The second-order valence-electron chi connectivity index (χ2n) is 2.51. The average Bonchev–Trinajstić information content (AvgIpc) is 2.67. The summed E-state index contributed by atoms with van der Waals surface area (Å²) in [6.07, 6.45) is 1.85. The fourth-order valence-corrected chi connectivity index (χ4v) is 0.729. The number of ether oxygens (including phenoxy) is 1. The highest BCUT2D eigenvalue weighted by atomic mass is 16.6. The summed E-state index contributed by atoms with van der Waals surface area (Å²) in [5, 5.41) is 2.78. The molecule has 3 heteroatoms. The van der Waals surface area contributed by atoms with Crippen LogP contribution in [-0.4, -0.2) is 25.2 Å². The molecule has 0 saturated carbocycles. The van der Waals surface area contributed by atoms with Crippen molar-refractivity contribution in [1.82, 2.24) is 5.32 Å². The van der Waals surface area contributed by atoms with Gasteiger partial charge in [0.25, 0.3) is 0 Å². The summed E-state index contributed by atoms with van der Waals surface area (Å²) in [5.41, 5.74) is 0. The normalized spacial score (nSPS) is 22.3. The first kappa shape index (κ1) is 7.54. The zero-order valence-electron chi connectivity index (χ0n) is 6.22. The number of epoxide rings is 1. The van der Waals surface area contributed by atoms with Gasteiger partial charge in [0.1, 0.15) is 0 Å². The SMILES string of the molecule is CCCC(=O)NC[C@@H]1CO1. The molecular formula is C7H13NO2. The first-order valence-corrected chi connectivity index (χ1v) is 3.71. The molecular weight excluding hydrogens is 130 g/mol. The van der Waals surface area contributed by atoms with Crippen LogP contribution < -0.4 is 5.32 Å². The fourth-order valence-electron chi connectivity index (χ4n) is 0.729. The summed E-state index contributed by atoms with van der Waals surface area (Å²) in [6.45, 7) is 3.50. The second kappa shape index (κ2) is 3.56. The van der Waals surface area contributed by atoms with Crippen molar-refractivity contribution in [1.29, 1.82) is 0 Å². The molecule has 0 aromatic heterocycles. The van der Waals surface area contributed by atoms with Gasteiger partial charge in [0, 0.05) is 13.0 Å². The van der Waals surface area contributed by atoms with E-state index in [0.29, 0.717) is 19.1 Å². The van der Waals surface area contributed by atoms with Gasteiger partial charge in [-0.1, -0.05) is 6.92 Å². The Morgan fingerprint density at radius 2 is 2.50 bits per heavy atom. The quantitative estimate of drug-likeness (QED) is 0.575. The second-order valence-corrected chi connectivity index (χ2v) is 2.51. The van der Waals surface area contributed by atoms with Crippen molar-refractivity contribution in [3.63, 3.8) is 0 Å². The van der Waals surface area contributed by atoms with Crippen LogP contribution in [0, 0.1) is 0 Å². The van der Waals surface area contributed by atoms with E-state index in [9.17, 15) is 4.79 Å². The Morgan fingerprint density at radius 1 is 1.80 bits per heavy atom. The van der Waals surface area contributed by atoms with Gasteiger partial charge in [0.05, 0.1) is 12.7 Å². The summed E-state index contributed by atoms with van der Waals surface area (Å²) >= 11 is 0. The minimum atomic E-state index is 0.137. The van der Waals surface area contributed by atoms with Crippen molar-refractivity contribution in [2.24, 2.45) is 0 Å². The largest absolute Gasteiger partial charge is 0.371 e. The minimum Gasteiger partial charge on any atom is -0.371 e. The zero-order chi connectivity index (χ0) is 7.40. The molecule has 0 aromatic rings. The summed E-state index contributed by atoms with van der Waals surface area (Å²) in [4.78, 5) is 10.8. The van der Waals surface area contributed by atoms with E-state index in [1.807, 2.05) is 6.92 Å². The number of rotatable bonds is 4. The third-order valence-corrected chi connectivity index (χ3v) is 1.41. The van der Waals surface area contributed by atoms with Gasteiger partial charge in [-0.15, -0.1) is 0 Å². The molecule has 1 N–H and O–H groups in total. The lowest BCUT2D eigenvalue weighted by Crippen LogP contribution is -2.26. The van der Waals surface area contributed by atoms with E-state index in [2.05, 4.69) is 5.32 Å². The molecule has 10 heavy (non-hydrogen) atoms. The summed E-state index contributed by atoms with van der Waals surface area (Å²) in [7, 11) is 0. The molecule has 1 rings (SSSR count). The van der Waals surface area contributed by atoms with Crippen LogP contribution in [0.1, 0.15) is 19.8 Å². The van der Waals surface area contributed by atoms with Crippen molar-refractivity contribution < 1.29 is 9.53 Å². The van der Waals surface area contributed by atoms with Crippen LogP contribution in [0.3, 0.4) is 0 Å². The molecule has 1 fully saturated rings. The number of nitrogens with one attached hydrogen (secondary N) is 1. The highest BCUT2D eigenvalue weighted by molar-refractivity contribution is 5.75. The van der Waals surface area contributed by atoms with Crippen LogP contribution >= 0.6 is 0 Å². The Morgan fingerprint density at radius 3 is 3.00 bits per heavy atom. The Kier molecular flexibility index (Phi) is 2.68. The van der Waals surface area contributed by atoms with E-state index < -0.39 is 0 Å². The molecule has 1 atom stereocenters. The third kappa shape index (κ3) is 2.82. The standard InChI is InChI=1S/C7H13NO2/c1-2-3-7(9)8-4-6-5-10-6/h6H,2-5H2,1H3,(H,8,9)/t6-/m1/s1. The van der Waals surface area contributed by atoms with Crippen molar-refractivity contribution in [3.05, 3.63) is 0 Å². The number of hydrogen-bond donors (Lipinski definition) is 1. The fraction of sp³-hybridized carbons (Fsp3) is 0.857. The van der Waals surface area contributed by atoms with Crippen molar-refractivity contribution in [2.45, 2.75) is 25.9 Å². The van der Waals surface area contributed by atoms with E-state index >= 15 is 0 Å². The Balaban J connectivity index is 1.94. The molecule has 1 aliphatic rings. The van der Waals surface area contributed by atoms with Gasteiger partial charge in [0.2, 0.25) is 5.91 Å². The molecule has 0 unspecified atom stereocenters. The first-order chi connectivity index (χ1) is 4.83. The molecule has 1 aliphatic heterocycles. The van der Waals surface area contributed by atoms with E-state index in [1.165, 1.54) is 0 Å². The Labute approximate surface area is 60.7 Å². The topological polar surface area (TPSA) is 41.6 Å². The minimum absolute atomic E-state index is 0.137. The van der Waals surface area contributed by atoms with Gasteiger partial charge in [-0.2, -0.15) is 0 Å². The Bertz CT molecular complexity index is 121. The molecule has 1 amide bonds. The third-order valence-electron chi connectivity index (χ3n) is 1.41. The van der Waals surface area contributed by atoms with Crippen molar-refractivity contribution >= 4 is 5.91 Å². The lowest BCUT2D eigenvalue weighted by Gasteiger charge is -1.99. The number of hydrogen-bond acceptors (Lipinski definition) is 2. The van der Waals surface area contributed by atoms with E-state index in [-0.39, 0.29) is 5.91 Å². The van der Waals surface area contributed by atoms with Gasteiger partial charge in [-0.05, 0) is 6.42 Å². The van der Waals surface area contributed by atoms with Crippen molar-refractivity contribution in [2.75, 3.05) is 13.2 Å². The van der Waals surface area contributed by atoms with Gasteiger partial charge in [-0.3, -0.25) is 4.79 Å². The van der Waals surface area contributed by atoms with E-state index in [4.69, 9.17) is 4.74 Å². The van der Waals surface area contributed by atoms with Crippen LogP contribution in [0.15, 0.2) is 0 Å². The summed E-state index contributed by atoms with van der Waals surface area (Å²) < 4.78 is 4.92. The zero-order valence-corrected chi connectivity index (χ0v) is 6.22. The van der Waals surface area contributed by atoms with Crippen LogP contribution in [0.25, 0.3) is 0 Å². The maximum absolute atomic E-state index is 10.8. The van der Waals surface area contributed by atoms with E-state index in [1.54, 1.807) is 0 Å². The monoisotopic (exact) mass is 143 g/mol. The van der Waals surface area contributed by atoms with Gasteiger partial charge >= 0.3 is 0 Å². The predicted molar refractivity (Wildman–Crippen MR) is 37.7 cm³/mol. The van der Waals surface area contributed by atoms with Crippen molar-refractivity contribution in [3.8, 4) is 0 Å². The highest BCUT2D eigenvalue weighted by Crippen LogP contribution is 2.06. The van der Waals surface area contributed by atoms with Crippen LogP contribution in [0.2, 0.25) is 0 Å². The molecule has 0 aliphatic carbocycles. The van der Waals surface area contributed by atoms with Crippen LogP contribution in [-0.2, 0) is 9.53 Å². The lowest BCUT2D eigenvalue weighted by molar-refractivity contribution is -0.121. The Hall–Kier alpha value is -0.570. The summed E-state index contributed by atoms with van der Waals surface area (Å²) in [6, 6.07) is 0. The molecule has 1 heterocycles. The first-order valence-electron chi connectivity index (χ1n) is 3.71. The maximum Gasteiger partial charge on any atom is 0.220 e. The molecule has 0 aromatic carbocycles. The summed E-state index contributed by atoms with van der Waals surface area (Å²) in [5.74, 6) is 0.137. The highest BCUT2D eigenvalue weighted by Gasteiger charge is 2.22. The van der Waals surface area contributed by atoms with Gasteiger partial charge < -0.3 is 10.1 Å². The molecule has 58 valence electrons. The molecule has 3 nitrogen and oxygen atoms in total. The average molecular weight is 143 g/mol. The molecule has 0 spiro atoms. The molecule has 0 radical (unpaired) electrons. The van der Waals surface area contributed by atoms with Crippen LogP contribution in [0.5, 0.6) is 0 Å². The number of amides is 1. The molecule has 0 bridgehead atoms. The smallest absolute Gasteiger partial charge is 0.220 e. The number of carbonyl (C=O) groups excluding carboxylic acids is 1. The van der Waals surface area contributed by atoms with Crippen LogP contribution in [0.4, 0.5) is 0 Å². The van der Waals surface area contributed by atoms with Gasteiger partial charge in [-0.25, -0.2) is 0 Å². The maximum atomic E-state index is 10.8. The lowest BCUT2D eigenvalue weighted by atomic mass is 10.3. The van der Waals surface area contributed by atoms with Gasteiger partial charge in [0.15, 0.2) is 0 Å². The molecule has 1 saturated heterocycles. The predicted octanol–water partition coefficient (Wildman–Crippen LogP) is 0.301.